The van der Waals surface area contributed by atoms with E-state index in [9.17, 15) is 18.0 Å². The minimum Gasteiger partial charge on any atom is -0.496 e. The van der Waals surface area contributed by atoms with Gasteiger partial charge < -0.3 is 14.2 Å². The molecule has 2 rings (SSSR count). The number of hydrogen-bond donors (Lipinski definition) is 0. The Kier molecular flexibility index (Phi) is 4.87. The van der Waals surface area contributed by atoms with Gasteiger partial charge in [-0.05, 0) is 31.1 Å². The van der Waals surface area contributed by atoms with Crippen LogP contribution in [0.2, 0.25) is 0 Å². The fourth-order valence-electron chi connectivity index (χ4n) is 2.36. The van der Waals surface area contributed by atoms with Crippen LogP contribution in [0.5, 0.6) is 11.5 Å². The van der Waals surface area contributed by atoms with Crippen LogP contribution in [-0.2, 0) is 16.0 Å². The molecule has 0 fully saturated rings. The second kappa shape index (κ2) is 6.52. The first kappa shape index (κ1) is 17.2. The molecule has 0 spiro atoms. The normalized spacial score (nSPS) is 17.0. The van der Waals surface area contributed by atoms with Crippen LogP contribution in [-0.4, -0.2) is 32.0 Å². The molecule has 0 bridgehead atoms. The van der Waals surface area contributed by atoms with Crippen molar-refractivity contribution in [3.63, 3.8) is 0 Å². The van der Waals surface area contributed by atoms with E-state index in [2.05, 4.69) is 0 Å². The van der Waals surface area contributed by atoms with Crippen LogP contribution in [0.25, 0.3) is 6.08 Å². The number of benzene rings is 1. The Bertz CT molecular complexity index is 635. The zero-order valence-electron chi connectivity index (χ0n) is 13.0. The average Bonchev–Trinajstić information content (AvgIpc) is 2.51. The van der Waals surface area contributed by atoms with Crippen molar-refractivity contribution >= 4 is 12.0 Å². The lowest BCUT2D eigenvalue weighted by molar-refractivity contribution is -0.187. The maximum atomic E-state index is 13.2. The molecule has 0 aliphatic carbocycles. The Morgan fingerprint density at radius 2 is 2.00 bits per heavy atom. The number of halogens is 3. The Balaban J connectivity index is 2.55. The summed E-state index contributed by atoms with van der Waals surface area (Å²) in [5.74, 6) is -0.566. The third-order valence-electron chi connectivity index (χ3n) is 3.44. The van der Waals surface area contributed by atoms with Crippen molar-refractivity contribution in [3.05, 3.63) is 28.8 Å². The quantitative estimate of drug-likeness (QED) is 0.792. The number of alkyl halides is 3. The molecular weight excluding hydrogens is 313 g/mol. The van der Waals surface area contributed by atoms with E-state index in [1.807, 2.05) is 6.92 Å². The first-order chi connectivity index (χ1) is 10.8. The van der Waals surface area contributed by atoms with E-state index in [0.717, 1.165) is 5.56 Å². The molecule has 4 nitrogen and oxygen atoms in total. The number of ether oxygens (including phenoxy) is 3. The molecule has 1 aliphatic rings. The largest absolute Gasteiger partial charge is 0.496 e. The van der Waals surface area contributed by atoms with E-state index in [-0.39, 0.29) is 12.4 Å². The summed E-state index contributed by atoms with van der Waals surface area (Å²) in [4.78, 5) is 11.8. The zero-order chi connectivity index (χ0) is 17.2. The van der Waals surface area contributed by atoms with Crippen LogP contribution in [0.3, 0.4) is 0 Å². The molecular formula is C16H17F3O4. The summed E-state index contributed by atoms with van der Waals surface area (Å²) in [6.45, 7) is 3.40. The minimum absolute atomic E-state index is 0.0174. The Morgan fingerprint density at radius 1 is 1.30 bits per heavy atom. The maximum Gasteiger partial charge on any atom is 0.430 e. The van der Waals surface area contributed by atoms with Gasteiger partial charge in [0.05, 0.1) is 19.3 Å². The number of hydrogen-bond acceptors (Lipinski definition) is 4. The van der Waals surface area contributed by atoms with E-state index in [1.54, 1.807) is 6.07 Å². The lowest BCUT2D eigenvalue weighted by atomic mass is 9.98. The van der Waals surface area contributed by atoms with Crippen molar-refractivity contribution in [2.24, 2.45) is 0 Å². The molecule has 0 saturated heterocycles. The number of methoxy groups -OCH3 is 1. The summed E-state index contributed by atoms with van der Waals surface area (Å²) in [6.07, 6.45) is -5.28. The van der Waals surface area contributed by atoms with Gasteiger partial charge in [-0.2, -0.15) is 13.2 Å². The Morgan fingerprint density at radius 3 is 2.52 bits per heavy atom. The standard InChI is InChI=1S/C16H17F3O4/c1-4-9-6-10-7-11(15(20)22-5-2)14(16(17,18)19)23-13(10)8-12(9)21-3/h6-8,14H,4-5H2,1-3H3. The van der Waals surface area contributed by atoms with Gasteiger partial charge in [0.1, 0.15) is 11.5 Å². The molecule has 23 heavy (non-hydrogen) atoms. The first-order valence-electron chi connectivity index (χ1n) is 7.14. The van der Waals surface area contributed by atoms with Crippen LogP contribution < -0.4 is 9.47 Å². The van der Waals surface area contributed by atoms with E-state index in [1.165, 1.54) is 26.2 Å². The van der Waals surface area contributed by atoms with Crippen LogP contribution in [0.1, 0.15) is 25.0 Å². The summed E-state index contributed by atoms with van der Waals surface area (Å²) < 4.78 is 54.5. The predicted octanol–water partition coefficient (Wildman–Crippen LogP) is 3.53. The monoisotopic (exact) mass is 330 g/mol. The molecule has 126 valence electrons. The number of rotatable bonds is 4. The average molecular weight is 330 g/mol. The fourth-order valence-corrected chi connectivity index (χ4v) is 2.36. The highest BCUT2D eigenvalue weighted by atomic mass is 19.4. The molecule has 1 atom stereocenters. The molecule has 1 aromatic rings. The third-order valence-corrected chi connectivity index (χ3v) is 3.44. The van der Waals surface area contributed by atoms with Gasteiger partial charge in [-0.3, -0.25) is 0 Å². The van der Waals surface area contributed by atoms with Crippen LogP contribution in [0, 0.1) is 0 Å². The Hall–Kier alpha value is -2.18. The van der Waals surface area contributed by atoms with Crippen molar-refractivity contribution in [2.75, 3.05) is 13.7 Å². The molecule has 1 unspecified atom stereocenters. The van der Waals surface area contributed by atoms with Crippen molar-refractivity contribution in [1.29, 1.82) is 0 Å². The van der Waals surface area contributed by atoms with Gasteiger partial charge in [-0.15, -0.1) is 0 Å². The van der Waals surface area contributed by atoms with Gasteiger partial charge in [0, 0.05) is 11.6 Å². The summed E-state index contributed by atoms with van der Waals surface area (Å²) in [6, 6.07) is 3.06. The number of carbonyl (C=O) groups excluding carboxylic acids is 1. The van der Waals surface area contributed by atoms with Gasteiger partial charge in [-0.25, -0.2) is 4.79 Å². The van der Waals surface area contributed by atoms with Crippen LogP contribution in [0.15, 0.2) is 17.7 Å². The summed E-state index contributed by atoms with van der Waals surface area (Å²) in [5.41, 5.74) is 0.644. The van der Waals surface area contributed by atoms with E-state index < -0.39 is 23.8 Å². The minimum atomic E-state index is -4.73. The molecule has 0 saturated carbocycles. The van der Waals surface area contributed by atoms with E-state index in [4.69, 9.17) is 14.2 Å². The Labute approximate surface area is 131 Å². The second-order valence-electron chi connectivity index (χ2n) is 4.92. The first-order valence-corrected chi connectivity index (χ1v) is 7.14. The molecule has 1 aromatic carbocycles. The lowest BCUT2D eigenvalue weighted by Gasteiger charge is -2.28. The topological polar surface area (TPSA) is 44.8 Å². The number of fused-ring (bicyclic) bond motifs is 1. The number of carbonyl (C=O) groups is 1. The summed E-state index contributed by atoms with van der Waals surface area (Å²) >= 11 is 0. The smallest absolute Gasteiger partial charge is 0.430 e. The summed E-state index contributed by atoms with van der Waals surface area (Å²) in [5, 5.41) is 0. The van der Waals surface area contributed by atoms with Crippen molar-refractivity contribution in [3.8, 4) is 11.5 Å². The third kappa shape index (κ3) is 3.43. The van der Waals surface area contributed by atoms with Crippen molar-refractivity contribution < 1.29 is 32.2 Å². The highest BCUT2D eigenvalue weighted by Crippen LogP contribution is 2.40. The van der Waals surface area contributed by atoms with Gasteiger partial charge >= 0.3 is 12.1 Å². The molecule has 0 N–H and O–H groups in total. The van der Waals surface area contributed by atoms with E-state index in [0.29, 0.717) is 17.7 Å². The fraction of sp³-hybridized carbons (Fsp3) is 0.438. The highest BCUT2D eigenvalue weighted by Gasteiger charge is 2.48. The molecule has 1 aliphatic heterocycles. The number of aryl methyl sites for hydroxylation is 1. The second-order valence-corrected chi connectivity index (χ2v) is 4.92. The van der Waals surface area contributed by atoms with Crippen molar-refractivity contribution in [1.82, 2.24) is 0 Å². The molecule has 0 aromatic heterocycles. The van der Waals surface area contributed by atoms with Crippen molar-refractivity contribution in [2.45, 2.75) is 32.5 Å². The van der Waals surface area contributed by atoms with E-state index >= 15 is 0 Å². The SMILES string of the molecule is CCOC(=O)C1=Cc2cc(CC)c(OC)cc2OC1C(F)(F)F. The summed E-state index contributed by atoms with van der Waals surface area (Å²) in [7, 11) is 1.44. The lowest BCUT2D eigenvalue weighted by Crippen LogP contribution is -2.40. The maximum absolute atomic E-state index is 13.2. The molecule has 1 heterocycles. The van der Waals surface area contributed by atoms with Crippen LogP contribution in [0.4, 0.5) is 13.2 Å². The highest BCUT2D eigenvalue weighted by molar-refractivity contribution is 5.96. The van der Waals surface area contributed by atoms with Gasteiger partial charge in [0.15, 0.2) is 0 Å². The molecule has 0 amide bonds. The zero-order valence-corrected chi connectivity index (χ0v) is 13.0. The predicted molar refractivity (Wildman–Crippen MR) is 77.5 cm³/mol. The van der Waals surface area contributed by atoms with Gasteiger partial charge in [0.25, 0.3) is 0 Å². The van der Waals surface area contributed by atoms with Gasteiger partial charge in [-0.1, -0.05) is 6.92 Å². The molecule has 0 radical (unpaired) electrons. The van der Waals surface area contributed by atoms with Crippen LogP contribution >= 0.6 is 0 Å². The molecule has 7 heteroatoms. The van der Waals surface area contributed by atoms with Gasteiger partial charge in [0.2, 0.25) is 6.10 Å². The number of esters is 1.